The summed E-state index contributed by atoms with van der Waals surface area (Å²) in [6.07, 6.45) is 1.83. The number of aromatic nitrogens is 4. The van der Waals surface area contributed by atoms with Gasteiger partial charge in [-0.2, -0.15) is 9.97 Å². The molecule has 160 valence electrons. The fourth-order valence-electron chi connectivity index (χ4n) is 2.77. The lowest BCUT2D eigenvalue weighted by atomic mass is 10.1. The molecule has 0 bridgehead atoms. The molecule has 0 saturated carbocycles. The van der Waals surface area contributed by atoms with Gasteiger partial charge in [-0.05, 0) is 30.7 Å². The minimum absolute atomic E-state index is 0.00792. The Kier molecular flexibility index (Phi) is 6.19. The number of carbonyl (C=O) groups excluding carboxylic acids is 2. The number of aliphatic carboxylic acids is 1. The van der Waals surface area contributed by atoms with Crippen molar-refractivity contribution in [1.82, 2.24) is 25.3 Å². The number of fused-ring (bicyclic) bond motifs is 1. The SMILES string of the molecule is CN(c1ccc(C(=O)NC(C=O)CCC(=O)O)cc1)c1cnc2c(N)nc(N)nc2n1. The van der Waals surface area contributed by atoms with Crippen molar-refractivity contribution in [3.8, 4) is 0 Å². The van der Waals surface area contributed by atoms with Crippen LogP contribution in [0.2, 0.25) is 0 Å². The lowest BCUT2D eigenvalue weighted by Gasteiger charge is -2.19. The van der Waals surface area contributed by atoms with Crippen LogP contribution in [0, 0.1) is 0 Å². The largest absolute Gasteiger partial charge is 0.481 e. The summed E-state index contributed by atoms with van der Waals surface area (Å²) in [5.41, 5.74) is 13.0. The van der Waals surface area contributed by atoms with Crippen molar-refractivity contribution >= 4 is 52.6 Å². The molecule has 3 aromatic rings. The van der Waals surface area contributed by atoms with E-state index in [1.807, 2.05) is 0 Å². The number of nitrogen functional groups attached to an aromatic ring is 2. The summed E-state index contributed by atoms with van der Waals surface area (Å²) >= 11 is 0. The second-order valence-electron chi connectivity index (χ2n) is 6.62. The molecule has 0 aliphatic carbocycles. The predicted molar refractivity (Wildman–Crippen MR) is 113 cm³/mol. The average Bonchev–Trinajstić information content (AvgIpc) is 2.75. The van der Waals surface area contributed by atoms with Crippen molar-refractivity contribution in [1.29, 1.82) is 0 Å². The maximum absolute atomic E-state index is 12.3. The van der Waals surface area contributed by atoms with Crippen LogP contribution in [0.1, 0.15) is 23.2 Å². The number of hydrogen-bond donors (Lipinski definition) is 4. The Morgan fingerprint density at radius 1 is 1.19 bits per heavy atom. The number of rotatable bonds is 8. The number of carboxylic acids is 1. The first-order valence-electron chi connectivity index (χ1n) is 9.16. The fourth-order valence-corrected chi connectivity index (χ4v) is 2.77. The zero-order chi connectivity index (χ0) is 22.5. The molecule has 2 aromatic heterocycles. The normalized spacial score (nSPS) is 11.6. The molecule has 0 radical (unpaired) electrons. The monoisotopic (exact) mass is 424 g/mol. The first-order chi connectivity index (χ1) is 14.8. The van der Waals surface area contributed by atoms with Crippen LogP contribution in [0.5, 0.6) is 0 Å². The van der Waals surface area contributed by atoms with Gasteiger partial charge in [-0.25, -0.2) is 9.97 Å². The zero-order valence-electron chi connectivity index (χ0n) is 16.5. The van der Waals surface area contributed by atoms with E-state index < -0.39 is 17.9 Å². The molecule has 2 heterocycles. The molecular formula is C19H20N8O4. The van der Waals surface area contributed by atoms with Crippen LogP contribution < -0.4 is 21.7 Å². The molecule has 0 aliphatic heterocycles. The Morgan fingerprint density at radius 3 is 2.55 bits per heavy atom. The molecule has 12 nitrogen and oxygen atoms in total. The van der Waals surface area contributed by atoms with Crippen LogP contribution in [-0.2, 0) is 9.59 Å². The number of anilines is 4. The Morgan fingerprint density at radius 2 is 1.90 bits per heavy atom. The van der Waals surface area contributed by atoms with Gasteiger partial charge in [0.25, 0.3) is 5.91 Å². The molecule has 0 fully saturated rings. The highest BCUT2D eigenvalue weighted by molar-refractivity contribution is 5.96. The molecule has 1 amide bonds. The number of carbonyl (C=O) groups is 3. The number of benzene rings is 1. The molecule has 31 heavy (non-hydrogen) atoms. The van der Waals surface area contributed by atoms with E-state index in [1.165, 1.54) is 6.20 Å². The van der Waals surface area contributed by atoms with Crippen molar-refractivity contribution in [3.63, 3.8) is 0 Å². The molecule has 1 atom stereocenters. The van der Waals surface area contributed by atoms with Crippen LogP contribution in [0.15, 0.2) is 30.5 Å². The van der Waals surface area contributed by atoms with Gasteiger partial charge in [-0.1, -0.05) is 0 Å². The fraction of sp³-hybridized carbons (Fsp3) is 0.211. The highest BCUT2D eigenvalue weighted by Crippen LogP contribution is 2.24. The number of hydrogen-bond acceptors (Lipinski definition) is 10. The van der Waals surface area contributed by atoms with E-state index in [9.17, 15) is 14.4 Å². The van der Waals surface area contributed by atoms with Gasteiger partial charge in [-0.3, -0.25) is 9.59 Å². The quantitative estimate of drug-likeness (QED) is 0.368. The number of aldehydes is 1. The molecule has 0 saturated heterocycles. The van der Waals surface area contributed by atoms with Crippen molar-refractivity contribution < 1.29 is 19.5 Å². The number of amides is 1. The highest BCUT2D eigenvalue weighted by atomic mass is 16.4. The number of carboxylic acid groups (broad SMARTS) is 1. The maximum Gasteiger partial charge on any atom is 0.303 e. The van der Waals surface area contributed by atoms with Crippen molar-refractivity contribution in [2.24, 2.45) is 0 Å². The second-order valence-corrected chi connectivity index (χ2v) is 6.62. The van der Waals surface area contributed by atoms with E-state index in [2.05, 4.69) is 25.3 Å². The third-order valence-electron chi connectivity index (χ3n) is 4.45. The number of nitrogens with two attached hydrogens (primary N) is 2. The van der Waals surface area contributed by atoms with E-state index in [0.29, 0.717) is 28.9 Å². The smallest absolute Gasteiger partial charge is 0.303 e. The van der Waals surface area contributed by atoms with E-state index in [0.717, 1.165) is 0 Å². The van der Waals surface area contributed by atoms with E-state index in [4.69, 9.17) is 16.6 Å². The van der Waals surface area contributed by atoms with Gasteiger partial charge in [0.2, 0.25) is 5.95 Å². The summed E-state index contributed by atoms with van der Waals surface area (Å²) < 4.78 is 0. The first kappa shape index (κ1) is 21.4. The zero-order valence-corrected chi connectivity index (χ0v) is 16.5. The van der Waals surface area contributed by atoms with Gasteiger partial charge in [0.15, 0.2) is 22.8 Å². The lowest BCUT2D eigenvalue weighted by molar-refractivity contribution is -0.137. The Labute approximate surface area is 176 Å². The van der Waals surface area contributed by atoms with E-state index >= 15 is 0 Å². The second kappa shape index (κ2) is 8.98. The van der Waals surface area contributed by atoms with Crippen LogP contribution in [0.3, 0.4) is 0 Å². The first-order valence-corrected chi connectivity index (χ1v) is 9.16. The summed E-state index contributed by atoms with van der Waals surface area (Å²) in [5.74, 6) is -0.924. The van der Waals surface area contributed by atoms with Crippen molar-refractivity contribution in [2.45, 2.75) is 18.9 Å². The molecule has 0 spiro atoms. The molecule has 6 N–H and O–H groups in total. The molecule has 3 rings (SSSR count). The van der Waals surface area contributed by atoms with Gasteiger partial charge >= 0.3 is 5.97 Å². The molecule has 0 aliphatic rings. The highest BCUT2D eigenvalue weighted by Gasteiger charge is 2.16. The molecule has 1 aromatic carbocycles. The summed E-state index contributed by atoms with van der Waals surface area (Å²) in [6.45, 7) is 0. The molecule has 12 heteroatoms. The Hall–Kier alpha value is -4.35. The van der Waals surface area contributed by atoms with Crippen molar-refractivity contribution in [3.05, 3.63) is 36.0 Å². The Bertz CT molecular complexity index is 1140. The van der Waals surface area contributed by atoms with Crippen LogP contribution in [0.4, 0.5) is 23.3 Å². The summed E-state index contributed by atoms with van der Waals surface area (Å²) in [6, 6.07) is 5.66. The standard InChI is InChI=1S/C19H20N8O4/c1-27(13-8-22-15-16(20)25-19(21)26-17(15)24-13)12-5-2-10(3-6-12)18(31)23-11(9-28)4-7-14(29)30/h2-3,5-6,8-9,11H,4,7H2,1H3,(H,23,31)(H,29,30)(H4,20,21,24,25,26). The van der Waals surface area contributed by atoms with Gasteiger partial charge in [0.1, 0.15) is 6.29 Å². The van der Waals surface area contributed by atoms with Crippen molar-refractivity contribution in [2.75, 3.05) is 23.4 Å². The lowest BCUT2D eigenvalue weighted by Crippen LogP contribution is -2.36. The number of nitrogens with zero attached hydrogens (tertiary/aromatic N) is 5. The topological polar surface area (TPSA) is 190 Å². The van der Waals surface area contributed by atoms with Crippen LogP contribution in [0.25, 0.3) is 11.2 Å². The number of nitrogens with one attached hydrogen (secondary N) is 1. The van der Waals surface area contributed by atoms with Gasteiger partial charge in [0.05, 0.1) is 12.2 Å². The summed E-state index contributed by atoms with van der Waals surface area (Å²) in [5, 5.41) is 11.2. The third kappa shape index (κ3) is 4.98. The van der Waals surface area contributed by atoms with Crippen LogP contribution in [-0.4, -0.2) is 56.3 Å². The Balaban J connectivity index is 1.74. The van der Waals surface area contributed by atoms with Gasteiger partial charge in [-0.15, -0.1) is 0 Å². The van der Waals surface area contributed by atoms with Gasteiger partial charge in [0, 0.05) is 24.7 Å². The van der Waals surface area contributed by atoms with E-state index in [-0.39, 0.29) is 30.3 Å². The third-order valence-corrected chi connectivity index (χ3v) is 4.45. The van der Waals surface area contributed by atoms with Crippen LogP contribution >= 0.6 is 0 Å². The summed E-state index contributed by atoms with van der Waals surface area (Å²) in [4.78, 5) is 52.3. The summed E-state index contributed by atoms with van der Waals surface area (Å²) in [7, 11) is 1.76. The minimum atomic E-state index is -1.04. The minimum Gasteiger partial charge on any atom is -0.481 e. The predicted octanol–water partition coefficient (Wildman–Crippen LogP) is 0.514. The average molecular weight is 424 g/mol. The maximum atomic E-state index is 12.3. The van der Waals surface area contributed by atoms with Gasteiger partial charge < -0.3 is 31.6 Å². The molecular weight excluding hydrogens is 404 g/mol. The van der Waals surface area contributed by atoms with E-state index in [1.54, 1.807) is 36.2 Å². The molecule has 1 unspecified atom stereocenters.